The van der Waals surface area contributed by atoms with Crippen LogP contribution in [0.3, 0.4) is 0 Å². The molecule has 0 aromatic rings. The summed E-state index contributed by atoms with van der Waals surface area (Å²) < 4.78 is 11.3. The summed E-state index contributed by atoms with van der Waals surface area (Å²) in [7, 11) is 0. The average Bonchev–Trinajstić information content (AvgIpc) is 2.60. The van der Waals surface area contributed by atoms with Gasteiger partial charge in [-0.25, -0.2) is 0 Å². The molecule has 0 bridgehead atoms. The fourth-order valence-corrected chi connectivity index (χ4v) is 2.99. The highest BCUT2D eigenvalue weighted by Crippen LogP contribution is 2.15. The molecule has 1 saturated heterocycles. The Morgan fingerprint density at radius 2 is 1.77 bits per heavy atom. The normalized spacial score (nSPS) is 20.1. The fourth-order valence-electron chi connectivity index (χ4n) is 2.99. The standard InChI is InChI=1S/C23H40O3/c1-19(2)9-7-12-22(24)15-14-20(3)10-8-11-21(4)16-18-26-23-13-5-6-17-25-23/h9-10,16,22-24H,5-8,11-15,17-18H2,1-4H3/b20-10+,21-16+. The lowest BCUT2D eigenvalue weighted by molar-refractivity contribution is -0.155. The van der Waals surface area contributed by atoms with Crippen LogP contribution in [-0.4, -0.2) is 30.7 Å². The van der Waals surface area contributed by atoms with Crippen molar-refractivity contribution in [2.45, 2.75) is 97.9 Å². The predicted molar refractivity (Wildman–Crippen MR) is 110 cm³/mol. The number of aliphatic hydroxyl groups is 1. The molecule has 1 heterocycles. The lowest BCUT2D eigenvalue weighted by Gasteiger charge is -2.22. The van der Waals surface area contributed by atoms with Gasteiger partial charge < -0.3 is 14.6 Å². The molecule has 26 heavy (non-hydrogen) atoms. The van der Waals surface area contributed by atoms with E-state index in [2.05, 4.69) is 45.9 Å². The minimum atomic E-state index is -0.185. The van der Waals surface area contributed by atoms with Crippen LogP contribution in [0.25, 0.3) is 0 Å². The van der Waals surface area contributed by atoms with E-state index in [-0.39, 0.29) is 12.4 Å². The van der Waals surface area contributed by atoms with Crippen molar-refractivity contribution in [1.29, 1.82) is 0 Å². The molecular formula is C23H40O3. The Morgan fingerprint density at radius 3 is 2.46 bits per heavy atom. The van der Waals surface area contributed by atoms with Crippen LogP contribution in [-0.2, 0) is 9.47 Å². The molecular weight excluding hydrogens is 324 g/mol. The second kappa shape index (κ2) is 14.2. The van der Waals surface area contributed by atoms with E-state index in [9.17, 15) is 5.11 Å². The largest absolute Gasteiger partial charge is 0.393 e. The van der Waals surface area contributed by atoms with E-state index < -0.39 is 0 Å². The highest BCUT2D eigenvalue weighted by atomic mass is 16.7. The lowest BCUT2D eigenvalue weighted by Crippen LogP contribution is -2.22. The summed E-state index contributed by atoms with van der Waals surface area (Å²) in [4.78, 5) is 0. The highest BCUT2D eigenvalue weighted by Gasteiger charge is 2.12. The first-order valence-electron chi connectivity index (χ1n) is 10.3. The van der Waals surface area contributed by atoms with E-state index in [0.717, 1.165) is 58.0 Å². The molecule has 0 aromatic heterocycles. The second-order valence-electron chi connectivity index (χ2n) is 7.82. The molecule has 0 aliphatic carbocycles. The summed E-state index contributed by atoms with van der Waals surface area (Å²) in [6, 6.07) is 0. The van der Waals surface area contributed by atoms with Crippen molar-refractivity contribution in [1.82, 2.24) is 0 Å². The Balaban J connectivity index is 2.12. The van der Waals surface area contributed by atoms with Crippen LogP contribution in [0.4, 0.5) is 0 Å². The van der Waals surface area contributed by atoms with Crippen molar-refractivity contribution < 1.29 is 14.6 Å². The van der Waals surface area contributed by atoms with Gasteiger partial charge >= 0.3 is 0 Å². The molecule has 0 spiro atoms. The molecule has 0 saturated carbocycles. The quantitative estimate of drug-likeness (QED) is 0.426. The number of hydrogen-bond acceptors (Lipinski definition) is 3. The van der Waals surface area contributed by atoms with Crippen LogP contribution in [0.5, 0.6) is 0 Å². The molecule has 150 valence electrons. The summed E-state index contributed by atoms with van der Waals surface area (Å²) in [6.45, 7) is 10.0. The molecule has 2 atom stereocenters. The van der Waals surface area contributed by atoms with Crippen LogP contribution in [0.1, 0.15) is 85.5 Å². The Kier molecular flexibility index (Phi) is 12.6. The summed E-state index contributed by atoms with van der Waals surface area (Å²) in [5.41, 5.74) is 4.07. The smallest absolute Gasteiger partial charge is 0.157 e. The molecule has 0 aromatic carbocycles. The van der Waals surface area contributed by atoms with Gasteiger partial charge in [0.25, 0.3) is 0 Å². The van der Waals surface area contributed by atoms with Crippen molar-refractivity contribution in [3.63, 3.8) is 0 Å². The van der Waals surface area contributed by atoms with E-state index in [1.54, 1.807) is 0 Å². The molecule has 2 unspecified atom stereocenters. The molecule has 0 radical (unpaired) electrons. The van der Waals surface area contributed by atoms with Crippen molar-refractivity contribution in [3.05, 3.63) is 34.9 Å². The van der Waals surface area contributed by atoms with Gasteiger partial charge in [-0.3, -0.25) is 0 Å². The molecule has 1 N–H and O–H groups in total. The molecule has 1 fully saturated rings. The summed E-state index contributed by atoms with van der Waals surface area (Å²) in [5, 5.41) is 10.0. The molecule has 0 amide bonds. The second-order valence-corrected chi connectivity index (χ2v) is 7.82. The molecule has 1 aliphatic heterocycles. The van der Waals surface area contributed by atoms with E-state index in [0.29, 0.717) is 6.61 Å². The minimum Gasteiger partial charge on any atom is -0.393 e. The third-order valence-corrected chi connectivity index (χ3v) is 4.81. The van der Waals surface area contributed by atoms with Gasteiger partial charge in [0, 0.05) is 6.61 Å². The summed E-state index contributed by atoms with van der Waals surface area (Å²) in [6.07, 6.45) is 15.7. The van der Waals surface area contributed by atoms with Crippen molar-refractivity contribution >= 4 is 0 Å². The first-order chi connectivity index (χ1) is 12.5. The van der Waals surface area contributed by atoms with E-state index in [4.69, 9.17) is 9.47 Å². The average molecular weight is 365 g/mol. The van der Waals surface area contributed by atoms with Gasteiger partial charge in [0.2, 0.25) is 0 Å². The monoisotopic (exact) mass is 364 g/mol. The van der Waals surface area contributed by atoms with Gasteiger partial charge in [0.1, 0.15) is 0 Å². The van der Waals surface area contributed by atoms with E-state index in [1.807, 2.05) is 0 Å². The number of aliphatic hydroxyl groups excluding tert-OH is 1. The van der Waals surface area contributed by atoms with Gasteiger partial charge in [-0.2, -0.15) is 0 Å². The molecule has 3 nitrogen and oxygen atoms in total. The number of hydrogen-bond donors (Lipinski definition) is 1. The van der Waals surface area contributed by atoms with Crippen LogP contribution in [0.2, 0.25) is 0 Å². The third kappa shape index (κ3) is 12.5. The van der Waals surface area contributed by atoms with Crippen LogP contribution >= 0.6 is 0 Å². The molecule has 3 heteroatoms. The van der Waals surface area contributed by atoms with Crippen LogP contribution < -0.4 is 0 Å². The zero-order valence-electron chi connectivity index (χ0n) is 17.4. The number of ether oxygens (including phenoxy) is 2. The van der Waals surface area contributed by atoms with E-state index in [1.165, 1.54) is 23.1 Å². The predicted octanol–water partition coefficient (Wildman–Crippen LogP) is 6.09. The third-order valence-electron chi connectivity index (χ3n) is 4.81. The van der Waals surface area contributed by atoms with Gasteiger partial charge in [-0.1, -0.05) is 34.9 Å². The first-order valence-corrected chi connectivity index (χ1v) is 10.3. The zero-order valence-corrected chi connectivity index (χ0v) is 17.4. The highest BCUT2D eigenvalue weighted by molar-refractivity contribution is 5.04. The molecule has 1 aliphatic rings. The summed E-state index contributed by atoms with van der Waals surface area (Å²) >= 11 is 0. The number of rotatable bonds is 12. The summed E-state index contributed by atoms with van der Waals surface area (Å²) in [5.74, 6) is 0. The Morgan fingerprint density at radius 1 is 1.00 bits per heavy atom. The van der Waals surface area contributed by atoms with Crippen molar-refractivity contribution in [3.8, 4) is 0 Å². The van der Waals surface area contributed by atoms with Crippen LogP contribution in [0.15, 0.2) is 34.9 Å². The SMILES string of the molecule is CC(C)=CCCC(O)CC/C(C)=C/CC/C(C)=C/COC1CCCCO1. The lowest BCUT2D eigenvalue weighted by atomic mass is 10.0. The van der Waals surface area contributed by atoms with Gasteiger partial charge in [0.05, 0.1) is 12.7 Å². The Bertz CT molecular complexity index is 452. The maximum Gasteiger partial charge on any atom is 0.157 e. The van der Waals surface area contributed by atoms with Crippen molar-refractivity contribution in [2.24, 2.45) is 0 Å². The minimum absolute atomic E-state index is 0.00176. The van der Waals surface area contributed by atoms with Gasteiger partial charge in [-0.05, 0) is 85.5 Å². The maximum atomic E-state index is 10.0. The topological polar surface area (TPSA) is 38.7 Å². The Hall–Kier alpha value is -0.900. The van der Waals surface area contributed by atoms with Gasteiger partial charge in [-0.15, -0.1) is 0 Å². The fraction of sp³-hybridized carbons (Fsp3) is 0.739. The number of allylic oxidation sites excluding steroid dienone is 5. The first kappa shape index (κ1) is 23.1. The molecule has 1 rings (SSSR count). The van der Waals surface area contributed by atoms with Crippen molar-refractivity contribution in [2.75, 3.05) is 13.2 Å². The maximum absolute atomic E-state index is 10.0. The zero-order chi connectivity index (χ0) is 19.2. The Labute approximate surface area is 161 Å². The van der Waals surface area contributed by atoms with Gasteiger partial charge in [0.15, 0.2) is 6.29 Å². The van der Waals surface area contributed by atoms with Crippen LogP contribution in [0, 0.1) is 0 Å². The van der Waals surface area contributed by atoms with E-state index >= 15 is 0 Å².